The first kappa shape index (κ1) is 25.4. The van der Waals surface area contributed by atoms with E-state index < -0.39 is 8.32 Å². The molecule has 0 aromatic heterocycles. The van der Waals surface area contributed by atoms with Gasteiger partial charge in [0.15, 0.2) is 8.32 Å². The maximum atomic E-state index is 13.3. The van der Waals surface area contributed by atoms with Crippen LogP contribution in [0.5, 0.6) is 0 Å². The summed E-state index contributed by atoms with van der Waals surface area (Å²) in [5.74, 6) is 3.19. The summed E-state index contributed by atoms with van der Waals surface area (Å²) < 4.78 is 6.88. The van der Waals surface area contributed by atoms with Crippen molar-refractivity contribution in [2.75, 3.05) is 0 Å². The Bertz CT molecular complexity index is 820. The Kier molecular flexibility index (Phi) is 6.52. The molecule has 0 bridgehead atoms. The van der Waals surface area contributed by atoms with Crippen LogP contribution in [0.15, 0.2) is 24.3 Å². The third kappa shape index (κ3) is 4.07. The van der Waals surface area contributed by atoms with E-state index in [9.17, 15) is 4.79 Å². The van der Waals surface area contributed by atoms with Crippen molar-refractivity contribution < 1.29 is 9.22 Å². The van der Waals surface area contributed by atoms with Gasteiger partial charge in [0.05, 0.1) is 0 Å². The molecule has 4 aliphatic carbocycles. The van der Waals surface area contributed by atoms with E-state index in [4.69, 9.17) is 4.43 Å². The van der Waals surface area contributed by atoms with Crippen molar-refractivity contribution in [2.24, 2.45) is 40.4 Å². The molecule has 33 heavy (non-hydrogen) atoms. The van der Waals surface area contributed by atoms with E-state index in [2.05, 4.69) is 67.3 Å². The first-order chi connectivity index (χ1) is 15.2. The van der Waals surface area contributed by atoms with E-state index in [0.717, 1.165) is 25.2 Å². The van der Waals surface area contributed by atoms with Crippen LogP contribution in [0.4, 0.5) is 0 Å². The molecule has 0 radical (unpaired) electrons. The average Bonchev–Trinajstić information content (AvgIpc) is 2.97. The summed E-state index contributed by atoms with van der Waals surface area (Å²) >= 11 is 0. The minimum absolute atomic E-state index is 0.186. The van der Waals surface area contributed by atoms with Crippen LogP contribution in [-0.2, 0) is 9.22 Å². The summed E-state index contributed by atoms with van der Waals surface area (Å²) in [6.45, 7) is 23.1. The molecule has 4 aliphatic rings. The van der Waals surface area contributed by atoms with Crippen LogP contribution in [0.2, 0.25) is 18.1 Å². The van der Waals surface area contributed by atoms with E-state index in [0.29, 0.717) is 35.1 Å². The third-order valence-corrected chi connectivity index (χ3v) is 15.9. The van der Waals surface area contributed by atoms with Gasteiger partial charge in [-0.25, -0.2) is 0 Å². The first-order valence-electron chi connectivity index (χ1n) is 13.8. The quantitative estimate of drug-likeness (QED) is 0.298. The monoisotopic (exact) mass is 470 g/mol. The Labute approximate surface area is 205 Å². The fourth-order valence-electron chi connectivity index (χ4n) is 8.52. The normalized spacial score (nSPS) is 42.1. The molecule has 4 rings (SSSR count). The third-order valence-electron chi connectivity index (χ3n) is 11.3. The van der Waals surface area contributed by atoms with Gasteiger partial charge in [-0.1, -0.05) is 59.3 Å². The number of allylic oxidation sites excluding steroid dienone is 2. The standard InChI is InChI=1S/C30H50O2Si/c1-10-11-20(2)27-26(31)19-25-23-13-12-21-18-22(32-33(8,9)28(3,4)5)14-16-29(21,6)24(23)15-17-30(25,27)7/h10,12,20,22-25,27H,1,11,13-19H2,2-9H3/t20-,22+,23-,24+,25+,27+,29+,30+/m1/s1. The number of carbonyl (C=O) groups excluding carboxylic acids is 1. The second kappa shape index (κ2) is 8.47. The molecular formula is C30H50O2Si. The van der Waals surface area contributed by atoms with Crippen LogP contribution < -0.4 is 0 Å². The second-order valence-corrected chi connectivity index (χ2v) is 19.0. The van der Waals surface area contributed by atoms with Crippen LogP contribution in [0.3, 0.4) is 0 Å². The van der Waals surface area contributed by atoms with Gasteiger partial charge in [-0.15, -0.1) is 6.58 Å². The predicted octanol–water partition coefficient (Wildman–Crippen LogP) is 8.35. The molecule has 3 saturated carbocycles. The number of Topliss-reactive ketones (excluding diaryl/α,β-unsaturated/α-hetero) is 1. The van der Waals surface area contributed by atoms with Crippen LogP contribution in [0, 0.1) is 40.4 Å². The van der Waals surface area contributed by atoms with Gasteiger partial charge in [-0.05, 0) is 97.6 Å². The maximum absolute atomic E-state index is 13.3. The molecule has 0 N–H and O–H groups in total. The minimum atomic E-state index is -1.74. The molecule has 8 atom stereocenters. The zero-order chi connectivity index (χ0) is 24.4. The molecule has 3 heteroatoms. The Balaban J connectivity index is 1.54. The number of carbonyl (C=O) groups is 1. The van der Waals surface area contributed by atoms with Crippen molar-refractivity contribution in [1.29, 1.82) is 0 Å². The zero-order valence-corrected chi connectivity index (χ0v) is 23.8. The summed E-state index contributed by atoms with van der Waals surface area (Å²) in [4.78, 5) is 13.3. The molecule has 0 aromatic carbocycles. The molecule has 2 nitrogen and oxygen atoms in total. The summed E-state index contributed by atoms with van der Waals surface area (Å²) in [6, 6.07) is 0. The number of ketones is 1. The van der Waals surface area contributed by atoms with Crippen molar-refractivity contribution in [3.63, 3.8) is 0 Å². The fraction of sp³-hybridized carbons (Fsp3) is 0.833. The predicted molar refractivity (Wildman–Crippen MR) is 142 cm³/mol. The van der Waals surface area contributed by atoms with E-state index in [-0.39, 0.29) is 16.4 Å². The molecule has 0 heterocycles. The Morgan fingerprint density at radius 1 is 1.18 bits per heavy atom. The summed E-state index contributed by atoms with van der Waals surface area (Å²) in [5, 5.41) is 0.266. The van der Waals surface area contributed by atoms with Crippen LogP contribution >= 0.6 is 0 Å². The first-order valence-corrected chi connectivity index (χ1v) is 16.7. The van der Waals surface area contributed by atoms with E-state index in [1.807, 2.05) is 6.08 Å². The van der Waals surface area contributed by atoms with E-state index >= 15 is 0 Å². The van der Waals surface area contributed by atoms with Crippen molar-refractivity contribution in [3.05, 3.63) is 24.3 Å². The zero-order valence-electron chi connectivity index (χ0n) is 22.8. The van der Waals surface area contributed by atoms with Gasteiger partial charge in [0, 0.05) is 18.4 Å². The number of hydrogen-bond acceptors (Lipinski definition) is 2. The van der Waals surface area contributed by atoms with Crippen LogP contribution in [0.25, 0.3) is 0 Å². The molecule has 186 valence electrons. The Morgan fingerprint density at radius 2 is 1.88 bits per heavy atom. The molecule has 0 spiro atoms. The van der Waals surface area contributed by atoms with Gasteiger partial charge in [0.1, 0.15) is 5.78 Å². The van der Waals surface area contributed by atoms with Crippen LogP contribution in [-0.4, -0.2) is 20.2 Å². The van der Waals surface area contributed by atoms with Crippen molar-refractivity contribution in [3.8, 4) is 0 Å². The minimum Gasteiger partial charge on any atom is -0.414 e. The molecule has 0 aromatic rings. The summed E-state index contributed by atoms with van der Waals surface area (Å²) in [5.41, 5.74) is 2.18. The lowest BCUT2D eigenvalue weighted by Crippen LogP contribution is -2.52. The van der Waals surface area contributed by atoms with Gasteiger partial charge in [-0.2, -0.15) is 0 Å². The lowest BCUT2D eigenvalue weighted by atomic mass is 9.47. The highest BCUT2D eigenvalue weighted by Gasteiger charge is 2.61. The van der Waals surface area contributed by atoms with E-state index in [1.165, 1.54) is 32.1 Å². The van der Waals surface area contributed by atoms with Gasteiger partial charge >= 0.3 is 0 Å². The number of hydrogen-bond donors (Lipinski definition) is 0. The highest BCUT2D eigenvalue weighted by atomic mass is 28.4. The van der Waals surface area contributed by atoms with Gasteiger partial charge in [0.25, 0.3) is 0 Å². The van der Waals surface area contributed by atoms with Gasteiger partial charge in [-0.3, -0.25) is 4.79 Å². The van der Waals surface area contributed by atoms with E-state index in [1.54, 1.807) is 5.57 Å². The second-order valence-electron chi connectivity index (χ2n) is 14.2. The van der Waals surface area contributed by atoms with Crippen molar-refractivity contribution in [1.82, 2.24) is 0 Å². The Hall–Kier alpha value is -0.673. The molecule has 0 amide bonds. The molecule has 0 aliphatic heterocycles. The summed E-state index contributed by atoms with van der Waals surface area (Å²) in [7, 11) is -1.74. The lowest BCUT2D eigenvalue weighted by Gasteiger charge is -2.58. The highest BCUT2D eigenvalue weighted by molar-refractivity contribution is 6.74. The molecular weight excluding hydrogens is 420 g/mol. The number of rotatable bonds is 5. The smallest absolute Gasteiger partial charge is 0.192 e. The highest BCUT2D eigenvalue weighted by Crippen LogP contribution is 2.66. The van der Waals surface area contributed by atoms with Crippen molar-refractivity contribution in [2.45, 2.75) is 117 Å². The Morgan fingerprint density at radius 3 is 2.52 bits per heavy atom. The average molecular weight is 471 g/mol. The molecule has 3 fully saturated rings. The van der Waals surface area contributed by atoms with Gasteiger partial charge < -0.3 is 4.43 Å². The van der Waals surface area contributed by atoms with Crippen molar-refractivity contribution >= 4 is 14.1 Å². The van der Waals surface area contributed by atoms with Crippen LogP contribution in [0.1, 0.15) is 92.9 Å². The summed E-state index contributed by atoms with van der Waals surface area (Å²) in [6.07, 6.45) is 14.1. The maximum Gasteiger partial charge on any atom is 0.192 e. The van der Waals surface area contributed by atoms with Gasteiger partial charge in [0.2, 0.25) is 0 Å². The molecule has 0 saturated heterocycles. The molecule has 0 unspecified atom stereocenters. The SMILES string of the molecule is C=CC[C@@H](C)[C@H]1C(=O)C[C@H]2[C@@H]3CC=C4C[C@@H](O[Si](C)(C)C(C)(C)C)CC[C@]4(C)[C@H]3CC[C@]12C. The number of fused-ring (bicyclic) bond motifs is 5. The topological polar surface area (TPSA) is 26.3 Å². The fourth-order valence-corrected chi connectivity index (χ4v) is 9.91. The lowest BCUT2D eigenvalue weighted by molar-refractivity contribution is -0.124. The largest absolute Gasteiger partial charge is 0.414 e.